The van der Waals surface area contributed by atoms with Crippen LogP contribution in [0, 0.1) is 0 Å². The monoisotopic (exact) mass is 644 g/mol. The number of hydrogen-bond donors (Lipinski definition) is 0. The minimum atomic E-state index is 0.931. The Hall–Kier alpha value is -6.70. The van der Waals surface area contributed by atoms with Crippen LogP contribution < -0.4 is 0 Å². The molecule has 0 atom stereocenters. The van der Waals surface area contributed by atoms with Gasteiger partial charge in [0.05, 0.1) is 0 Å². The van der Waals surface area contributed by atoms with Crippen molar-refractivity contribution in [2.45, 2.75) is 0 Å². The van der Waals surface area contributed by atoms with Crippen molar-refractivity contribution in [3.8, 4) is 22.3 Å². The van der Waals surface area contributed by atoms with Crippen LogP contribution in [0.15, 0.2) is 174 Å². The number of hydrogen-bond acceptors (Lipinski definition) is 1. The maximum Gasteiger partial charge on any atom is 0.143 e. The van der Waals surface area contributed by atoms with E-state index in [1.165, 1.54) is 108 Å². The SMILES string of the molecule is c1ccc2cc(-c3cc4c5ccccc5c(-c5cc6cccc7c8c9ccccc9oc8c8cccc5c8c67)cc4c4ccccc34)ccc2c1. The van der Waals surface area contributed by atoms with E-state index in [0.717, 1.165) is 11.2 Å². The minimum Gasteiger partial charge on any atom is -0.455 e. The Bertz CT molecular complexity index is 3420. The fourth-order valence-electron chi connectivity index (χ4n) is 9.14. The van der Waals surface area contributed by atoms with Crippen LogP contribution in [-0.4, -0.2) is 0 Å². The fraction of sp³-hybridized carbons (Fsp3) is 0. The van der Waals surface area contributed by atoms with Crippen molar-refractivity contribution in [1.29, 1.82) is 0 Å². The van der Waals surface area contributed by atoms with Gasteiger partial charge < -0.3 is 4.42 Å². The second-order valence-electron chi connectivity index (χ2n) is 14.0. The largest absolute Gasteiger partial charge is 0.455 e. The lowest BCUT2D eigenvalue weighted by atomic mass is 9.84. The highest BCUT2D eigenvalue weighted by Gasteiger charge is 2.22. The summed E-state index contributed by atoms with van der Waals surface area (Å²) in [5, 5.41) is 20.0. The number of fused-ring (bicyclic) bond motifs is 11. The average molecular weight is 645 g/mol. The zero-order chi connectivity index (χ0) is 33.2. The van der Waals surface area contributed by atoms with Crippen molar-refractivity contribution in [2.24, 2.45) is 0 Å². The molecule has 234 valence electrons. The van der Waals surface area contributed by atoms with Gasteiger partial charge in [-0.15, -0.1) is 0 Å². The molecular formula is C50H28O. The van der Waals surface area contributed by atoms with E-state index in [1.54, 1.807) is 0 Å². The van der Waals surface area contributed by atoms with Crippen molar-refractivity contribution >= 4 is 97.3 Å². The highest BCUT2D eigenvalue weighted by atomic mass is 16.3. The van der Waals surface area contributed by atoms with E-state index < -0.39 is 0 Å². The van der Waals surface area contributed by atoms with Crippen LogP contribution in [0.4, 0.5) is 0 Å². The van der Waals surface area contributed by atoms with E-state index in [2.05, 4.69) is 170 Å². The molecule has 0 unspecified atom stereocenters. The standard InChI is InChI=1S/C50H28O/c1-2-12-30-25-31(24-23-29(30)11-1)41-27-43-35-16-5-6-17-36(35)44(28-45(43)34-15-4-3-14-33(34)41)42-26-32-13-9-20-39-47(32)48-37(42)19-10-21-40(48)50-49(39)38-18-7-8-22-46(38)51-50/h1-28H. The van der Waals surface area contributed by atoms with Gasteiger partial charge in [0, 0.05) is 21.5 Å². The van der Waals surface area contributed by atoms with E-state index >= 15 is 0 Å². The molecule has 1 nitrogen and oxygen atoms in total. The van der Waals surface area contributed by atoms with Gasteiger partial charge in [0.25, 0.3) is 0 Å². The molecule has 0 bridgehead atoms. The molecule has 51 heavy (non-hydrogen) atoms. The average Bonchev–Trinajstić information content (AvgIpc) is 3.59. The molecule has 0 saturated carbocycles. The summed E-state index contributed by atoms with van der Waals surface area (Å²) in [7, 11) is 0. The van der Waals surface area contributed by atoms with Crippen molar-refractivity contribution in [3.05, 3.63) is 170 Å². The van der Waals surface area contributed by atoms with Gasteiger partial charge in [-0.3, -0.25) is 0 Å². The van der Waals surface area contributed by atoms with Crippen LogP contribution in [0.5, 0.6) is 0 Å². The number of para-hydroxylation sites is 1. The van der Waals surface area contributed by atoms with Gasteiger partial charge in [-0.2, -0.15) is 0 Å². The lowest BCUT2D eigenvalue weighted by molar-refractivity contribution is 0.673. The van der Waals surface area contributed by atoms with Crippen LogP contribution in [0.1, 0.15) is 0 Å². The van der Waals surface area contributed by atoms with Gasteiger partial charge in [-0.05, 0) is 117 Å². The Morgan fingerprint density at radius 1 is 0.275 bits per heavy atom. The third kappa shape index (κ3) is 3.65. The second-order valence-corrected chi connectivity index (χ2v) is 14.0. The Morgan fingerprint density at radius 2 is 0.843 bits per heavy atom. The second kappa shape index (κ2) is 9.94. The van der Waals surface area contributed by atoms with Gasteiger partial charge in [-0.1, -0.05) is 140 Å². The zero-order valence-electron chi connectivity index (χ0n) is 27.6. The van der Waals surface area contributed by atoms with Crippen LogP contribution >= 0.6 is 0 Å². The number of benzene rings is 11. The normalized spacial score (nSPS) is 12.3. The highest BCUT2D eigenvalue weighted by molar-refractivity contribution is 6.38. The van der Waals surface area contributed by atoms with Gasteiger partial charge in [0.2, 0.25) is 0 Å². The first-order chi connectivity index (χ1) is 25.3. The van der Waals surface area contributed by atoms with Crippen LogP contribution in [-0.2, 0) is 0 Å². The lowest BCUT2D eigenvalue weighted by Gasteiger charge is -2.19. The predicted molar refractivity (Wildman–Crippen MR) is 218 cm³/mol. The summed E-state index contributed by atoms with van der Waals surface area (Å²) in [5.74, 6) is 0. The molecule has 12 aromatic rings. The maximum absolute atomic E-state index is 6.66. The van der Waals surface area contributed by atoms with Crippen molar-refractivity contribution in [2.75, 3.05) is 0 Å². The summed E-state index contributed by atoms with van der Waals surface area (Å²) in [5.41, 5.74) is 6.90. The van der Waals surface area contributed by atoms with E-state index in [9.17, 15) is 0 Å². The molecule has 12 rings (SSSR count). The van der Waals surface area contributed by atoms with Crippen LogP contribution in [0.2, 0.25) is 0 Å². The first-order valence-corrected chi connectivity index (χ1v) is 17.7. The molecule has 0 aliphatic carbocycles. The molecule has 0 N–H and O–H groups in total. The Morgan fingerprint density at radius 3 is 1.67 bits per heavy atom. The molecule has 0 aliphatic heterocycles. The Kier molecular flexibility index (Phi) is 5.29. The number of furan rings is 1. The molecule has 1 heterocycles. The molecule has 1 aromatic heterocycles. The number of rotatable bonds is 2. The molecule has 0 fully saturated rings. The summed E-state index contributed by atoms with van der Waals surface area (Å²) in [6.45, 7) is 0. The molecule has 1 heteroatoms. The van der Waals surface area contributed by atoms with E-state index in [4.69, 9.17) is 4.42 Å². The lowest BCUT2D eigenvalue weighted by Crippen LogP contribution is -1.92. The quantitative estimate of drug-likeness (QED) is 0.171. The highest BCUT2D eigenvalue weighted by Crippen LogP contribution is 2.49. The molecule has 0 saturated heterocycles. The first kappa shape index (κ1) is 27.2. The third-order valence-corrected chi connectivity index (χ3v) is 11.3. The van der Waals surface area contributed by atoms with Gasteiger partial charge in [0.15, 0.2) is 0 Å². The van der Waals surface area contributed by atoms with Crippen molar-refractivity contribution in [1.82, 2.24) is 0 Å². The topological polar surface area (TPSA) is 13.1 Å². The zero-order valence-corrected chi connectivity index (χ0v) is 27.6. The fourth-order valence-corrected chi connectivity index (χ4v) is 9.14. The third-order valence-electron chi connectivity index (χ3n) is 11.3. The van der Waals surface area contributed by atoms with Crippen molar-refractivity contribution < 1.29 is 4.42 Å². The predicted octanol–water partition coefficient (Wildman–Crippen LogP) is 14.4. The smallest absolute Gasteiger partial charge is 0.143 e. The van der Waals surface area contributed by atoms with E-state index in [-0.39, 0.29) is 0 Å². The summed E-state index contributed by atoms with van der Waals surface area (Å²) < 4.78 is 6.66. The molecule has 0 aliphatic rings. The molecule has 11 aromatic carbocycles. The molecule has 0 spiro atoms. The van der Waals surface area contributed by atoms with Gasteiger partial charge >= 0.3 is 0 Å². The summed E-state index contributed by atoms with van der Waals surface area (Å²) in [6, 6.07) is 62.6. The summed E-state index contributed by atoms with van der Waals surface area (Å²) in [4.78, 5) is 0. The molecular weight excluding hydrogens is 617 g/mol. The first-order valence-electron chi connectivity index (χ1n) is 17.7. The van der Waals surface area contributed by atoms with Crippen molar-refractivity contribution in [3.63, 3.8) is 0 Å². The van der Waals surface area contributed by atoms with Gasteiger partial charge in [0.1, 0.15) is 11.2 Å². The van der Waals surface area contributed by atoms with E-state index in [1.807, 2.05) is 0 Å². The molecule has 0 radical (unpaired) electrons. The maximum atomic E-state index is 6.66. The Labute approximate surface area is 292 Å². The summed E-state index contributed by atoms with van der Waals surface area (Å²) >= 11 is 0. The van der Waals surface area contributed by atoms with Crippen LogP contribution in [0.3, 0.4) is 0 Å². The summed E-state index contributed by atoms with van der Waals surface area (Å²) in [6.07, 6.45) is 0. The van der Waals surface area contributed by atoms with E-state index in [0.29, 0.717) is 0 Å². The Balaban J connectivity index is 1.21. The van der Waals surface area contributed by atoms with Gasteiger partial charge in [-0.25, -0.2) is 0 Å². The minimum absolute atomic E-state index is 0.931. The van der Waals surface area contributed by atoms with Crippen LogP contribution in [0.25, 0.3) is 120 Å². The molecule has 0 amide bonds.